The quantitative estimate of drug-likeness (QED) is 0.580. The van der Waals surface area contributed by atoms with Crippen molar-refractivity contribution in [1.82, 2.24) is 9.88 Å². The van der Waals surface area contributed by atoms with Crippen LogP contribution in [0.4, 0.5) is 18.9 Å². The number of ether oxygens (including phenoxy) is 1. The van der Waals surface area contributed by atoms with Gasteiger partial charge in [0, 0.05) is 19.4 Å². The van der Waals surface area contributed by atoms with Crippen LogP contribution in [-0.2, 0) is 11.4 Å². The number of hydrogen-bond acceptors (Lipinski definition) is 4. The Balaban J connectivity index is 1.66. The summed E-state index contributed by atoms with van der Waals surface area (Å²) >= 11 is 0. The van der Waals surface area contributed by atoms with Crippen molar-refractivity contribution in [2.24, 2.45) is 0 Å². The number of carbonyl (C=O) groups excluding carboxylic acids is 2. The fourth-order valence-electron chi connectivity index (χ4n) is 2.71. The second-order valence-electron chi connectivity index (χ2n) is 6.57. The summed E-state index contributed by atoms with van der Waals surface area (Å²) in [6.45, 7) is -0.234. The molecule has 6 nitrogen and oxygen atoms in total. The third kappa shape index (κ3) is 5.39. The molecule has 0 radical (unpaired) electrons. The summed E-state index contributed by atoms with van der Waals surface area (Å²) in [4.78, 5) is 30.0. The standard InChI is InChI=1S/C22H18F3N3O3/c1-28(12-19(29)27-17-7-6-16(23)20(24)21(17)25)22(30)15-4-2-3-5-18(15)31-13-14-8-10-26-11-9-14/h2-11H,12-13H2,1H3,(H,27,29). The maximum Gasteiger partial charge on any atom is 0.257 e. The van der Waals surface area contributed by atoms with Crippen molar-refractivity contribution in [3.63, 3.8) is 0 Å². The molecule has 31 heavy (non-hydrogen) atoms. The van der Waals surface area contributed by atoms with Crippen LogP contribution >= 0.6 is 0 Å². The molecule has 0 atom stereocenters. The van der Waals surface area contributed by atoms with Crippen LogP contribution in [0.1, 0.15) is 15.9 Å². The third-order valence-electron chi connectivity index (χ3n) is 4.30. The normalized spacial score (nSPS) is 10.5. The van der Waals surface area contributed by atoms with E-state index in [9.17, 15) is 22.8 Å². The van der Waals surface area contributed by atoms with Crippen LogP contribution in [0.5, 0.6) is 5.75 Å². The number of hydrogen-bond donors (Lipinski definition) is 1. The van der Waals surface area contributed by atoms with Gasteiger partial charge < -0.3 is 15.0 Å². The number of halogens is 3. The summed E-state index contributed by atoms with van der Waals surface area (Å²) in [6, 6.07) is 11.7. The summed E-state index contributed by atoms with van der Waals surface area (Å²) in [5, 5.41) is 2.13. The Labute approximate surface area is 176 Å². The number of para-hydroxylation sites is 1. The highest BCUT2D eigenvalue weighted by Gasteiger charge is 2.20. The van der Waals surface area contributed by atoms with Crippen molar-refractivity contribution in [3.8, 4) is 5.75 Å². The molecule has 2 aromatic carbocycles. The summed E-state index contributed by atoms with van der Waals surface area (Å²) < 4.78 is 45.8. The molecule has 160 valence electrons. The second kappa shape index (κ2) is 9.75. The van der Waals surface area contributed by atoms with Crippen LogP contribution in [0.25, 0.3) is 0 Å². The van der Waals surface area contributed by atoms with Crippen LogP contribution in [0.3, 0.4) is 0 Å². The Hall–Kier alpha value is -3.88. The van der Waals surface area contributed by atoms with Gasteiger partial charge in [0.1, 0.15) is 12.4 Å². The van der Waals surface area contributed by atoms with E-state index in [0.29, 0.717) is 11.8 Å². The summed E-state index contributed by atoms with van der Waals surface area (Å²) in [5.74, 6) is -5.55. The molecule has 3 rings (SSSR count). The lowest BCUT2D eigenvalue weighted by Gasteiger charge is -2.19. The molecule has 0 bridgehead atoms. The van der Waals surface area contributed by atoms with E-state index in [2.05, 4.69) is 10.3 Å². The molecule has 3 aromatic rings. The maximum atomic E-state index is 13.7. The zero-order chi connectivity index (χ0) is 22.4. The van der Waals surface area contributed by atoms with Crippen LogP contribution in [-0.4, -0.2) is 35.3 Å². The molecule has 0 saturated carbocycles. The van der Waals surface area contributed by atoms with Gasteiger partial charge in [-0.1, -0.05) is 12.1 Å². The number of benzene rings is 2. The molecule has 0 saturated heterocycles. The van der Waals surface area contributed by atoms with Crippen molar-refractivity contribution >= 4 is 17.5 Å². The Morgan fingerprint density at radius 1 is 1.00 bits per heavy atom. The van der Waals surface area contributed by atoms with E-state index in [-0.39, 0.29) is 12.2 Å². The van der Waals surface area contributed by atoms with Gasteiger partial charge in [-0.05, 0) is 42.0 Å². The summed E-state index contributed by atoms with van der Waals surface area (Å²) in [5.41, 5.74) is 0.565. The lowest BCUT2D eigenvalue weighted by molar-refractivity contribution is -0.116. The van der Waals surface area contributed by atoms with Gasteiger partial charge in [0.15, 0.2) is 17.5 Å². The molecule has 2 amide bonds. The molecule has 1 heterocycles. The summed E-state index contributed by atoms with van der Waals surface area (Å²) in [6.07, 6.45) is 3.25. The number of rotatable bonds is 7. The number of likely N-dealkylation sites (N-methyl/N-ethyl adjacent to an activating group) is 1. The predicted octanol–water partition coefficient (Wildman–Crippen LogP) is 3.79. The first kappa shape index (κ1) is 21.8. The SMILES string of the molecule is CN(CC(=O)Nc1ccc(F)c(F)c1F)C(=O)c1ccccc1OCc1ccncc1. The Morgan fingerprint density at radius 3 is 2.45 bits per heavy atom. The largest absolute Gasteiger partial charge is 0.488 e. The van der Waals surface area contributed by atoms with Crippen LogP contribution in [0, 0.1) is 17.5 Å². The molecular formula is C22H18F3N3O3. The van der Waals surface area contributed by atoms with E-state index >= 15 is 0 Å². The Kier molecular flexibility index (Phi) is 6.86. The molecule has 0 aliphatic carbocycles. The van der Waals surface area contributed by atoms with E-state index in [1.54, 1.807) is 48.8 Å². The lowest BCUT2D eigenvalue weighted by Crippen LogP contribution is -2.35. The Bertz CT molecular complexity index is 1090. The van der Waals surface area contributed by atoms with Gasteiger partial charge in [0.05, 0.1) is 17.8 Å². The zero-order valence-corrected chi connectivity index (χ0v) is 16.4. The zero-order valence-electron chi connectivity index (χ0n) is 16.4. The minimum absolute atomic E-state index is 0.215. The monoisotopic (exact) mass is 429 g/mol. The molecule has 9 heteroatoms. The second-order valence-corrected chi connectivity index (χ2v) is 6.57. The van der Waals surface area contributed by atoms with E-state index < -0.39 is 41.5 Å². The highest BCUT2D eigenvalue weighted by Crippen LogP contribution is 2.22. The van der Waals surface area contributed by atoms with Gasteiger partial charge >= 0.3 is 0 Å². The smallest absolute Gasteiger partial charge is 0.257 e. The average Bonchev–Trinajstić information content (AvgIpc) is 2.78. The van der Waals surface area contributed by atoms with E-state index in [1.807, 2.05) is 0 Å². The number of amides is 2. The predicted molar refractivity (Wildman–Crippen MR) is 107 cm³/mol. The topological polar surface area (TPSA) is 71.5 Å². The molecule has 1 aromatic heterocycles. The minimum atomic E-state index is -1.69. The van der Waals surface area contributed by atoms with Gasteiger partial charge in [0.25, 0.3) is 5.91 Å². The molecular weight excluding hydrogens is 411 g/mol. The van der Waals surface area contributed by atoms with E-state index in [4.69, 9.17) is 4.74 Å². The number of pyridine rings is 1. The average molecular weight is 429 g/mol. The maximum absolute atomic E-state index is 13.7. The van der Waals surface area contributed by atoms with Crippen molar-refractivity contribution in [3.05, 3.63) is 89.5 Å². The van der Waals surface area contributed by atoms with Crippen LogP contribution in [0.2, 0.25) is 0 Å². The summed E-state index contributed by atoms with van der Waals surface area (Å²) in [7, 11) is 1.38. The molecule has 0 fully saturated rings. The van der Waals surface area contributed by atoms with Gasteiger partial charge in [-0.2, -0.15) is 0 Å². The van der Waals surface area contributed by atoms with Gasteiger partial charge in [-0.3, -0.25) is 14.6 Å². The molecule has 0 aliphatic rings. The van der Waals surface area contributed by atoms with Crippen LogP contribution in [0.15, 0.2) is 60.9 Å². The third-order valence-corrected chi connectivity index (χ3v) is 4.30. The molecule has 0 spiro atoms. The number of carbonyl (C=O) groups is 2. The molecule has 0 unspecified atom stereocenters. The van der Waals surface area contributed by atoms with Gasteiger partial charge in [0.2, 0.25) is 5.91 Å². The first-order valence-electron chi connectivity index (χ1n) is 9.16. The first-order chi connectivity index (χ1) is 14.9. The number of nitrogens with zero attached hydrogens (tertiary/aromatic N) is 2. The van der Waals surface area contributed by atoms with Gasteiger partial charge in [-0.15, -0.1) is 0 Å². The number of nitrogens with one attached hydrogen (secondary N) is 1. The van der Waals surface area contributed by atoms with Crippen molar-refractivity contribution < 1.29 is 27.5 Å². The van der Waals surface area contributed by atoms with Crippen LogP contribution < -0.4 is 10.1 Å². The fourth-order valence-corrected chi connectivity index (χ4v) is 2.71. The Morgan fingerprint density at radius 2 is 1.71 bits per heavy atom. The van der Waals surface area contributed by atoms with Crippen molar-refractivity contribution in [1.29, 1.82) is 0 Å². The molecule has 0 aliphatic heterocycles. The number of aromatic nitrogens is 1. The highest BCUT2D eigenvalue weighted by atomic mass is 19.2. The fraction of sp³-hybridized carbons (Fsp3) is 0.136. The first-order valence-corrected chi connectivity index (χ1v) is 9.16. The van der Waals surface area contributed by atoms with E-state index in [0.717, 1.165) is 16.5 Å². The van der Waals surface area contributed by atoms with Crippen molar-refractivity contribution in [2.45, 2.75) is 6.61 Å². The minimum Gasteiger partial charge on any atom is -0.488 e. The van der Waals surface area contributed by atoms with Gasteiger partial charge in [-0.25, -0.2) is 13.2 Å². The number of anilines is 1. The van der Waals surface area contributed by atoms with E-state index in [1.165, 1.54) is 7.05 Å². The highest BCUT2D eigenvalue weighted by molar-refractivity contribution is 6.00. The van der Waals surface area contributed by atoms with Crippen molar-refractivity contribution in [2.75, 3.05) is 18.9 Å². The molecule has 1 N–H and O–H groups in total. The lowest BCUT2D eigenvalue weighted by atomic mass is 10.1.